The average molecular weight is 462 g/mol. The molecule has 0 atom stereocenters. The fourth-order valence-corrected chi connectivity index (χ4v) is 4.03. The number of hydrogen-bond donors (Lipinski definition) is 2. The maximum Gasteiger partial charge on any atom is 0.166 e. The van der Waals surface area contributed by atoms with Crippen LogP contribution in [0, 0.1) is 17.7 Å². The molecule has 1 aromatic carbocycles. The normalized spacial score (nSPS) is 17.7. The number of rotatable bonds is 5. The molecule has 2 aliphatic rings. The van der Waals surface area contributed by atoms with Gasteiger partial charge in [-0.25, -0.2) is 9.37 Å². The van der Waals surface area contributed by atoms with Gasteiger partial charge in [-0.3, -0.25) is 4.68 Å². The zero-order valence-corrected chi connectivity index (χ0v) is 19.2. The highest BCUT2D eigenvalue weighted by atomic mass is 19.1. The van der Waals surface area contributed by atoms with Crippen molar-refractivity contribution in [3.63, 3.8) is 0 Å². The van der Waals surface area contributed by atoms with E-state index in [1.54, 1.807) is 18.3 Å². The summed E-state index contributed by atoms with van der Waals surface area (Å²) >= 11 is 0. The van der Waals surface area contributed by atoms with Crippen molar-refractivity contribution in [2.75, 3.05) is 25.9 Å². The lowest BCUT2D eigenvalue weighted by molar-refractivity contribution is 0.212. The first kappa shape index (κ1) is 22.4. The van der Waals surface area contributed by atoms with Crippen molar-refractivity contribution in [1.82, 2.24) is 19.7 Å². The van der Waals surface area contributed by atoms with Gasteiger partial charge in [-0.1, -0.05) is 11.8 Å². The summed E-state index contributed by atoms with van der Waals surface area (Å²) in [5, 5.41) is 14.5. The van der Waals surface area contributed by atoms with E-state index in [-0.39, 0.29) is 12.4 Å². The molecule has 0 spiro atoms. The topological polar surface area (TPSA) is 89.4 Å². The third-order valence-electron chi connectivity index (χ3n) is 6.47. The Bertz CT molecular complexity index is 1250. The van der Waals surface area contributed by atoms with E-state index in [2.05, 4.69) is 33.9 Å². The number of nitrogens with zero attached hydrogens (tertiary/aromatic N) is 4. The molecule has 3 heterocycles. The van der Waals surface area contributed by atoms with E-state index < -0.39 is 11.4 Å². The molecular formula is C26H28FN5O2. The third-order valence-corrected chi connectivity index (χ3v) is 6.47. The van der Waals surface area contributed by atoms with Crippen molar-refractivity contribution in [2.24, 2.45) is 0 Å². The predicted molar refractivity (Wildman–Crippen MR) is 127 cm³/mol. The van der Waals surface area contributed by atoms with Crippen LogP contribution >= 0.6 is 0 Å². The first-order chi connectivity index (χ1) is 16.4. The van der Waals surface area contributed by atoms with Gasteiger partial charge in [0.05, 0.1) is 12.2 Å². The van der Waals surface area contributed by atoms with Crippen LogP contribution in [0.3, 0.4) is 0 Å². The van der Waals surface area contributed by atoms with Gasteiger partial charge in [0.15, 0.2) is 11.6 Å². The second kappa shape index (κ2) is 9.09. The first-order valence-corrected chi connectivity index (χ1v) is 11.5. The maximum absolute atomic E-state index is 14.4. The Kier molecular flexibility index (Phi) is 5.98. The zero-order valence-electron chi connectivity index (χ0n) is 19.2. The molecule has 34 heavy (non-hydrogen) atoms. The van der Waals surface area contributed by atoms with Gasteiger partial charge in [-0.15, -0.1) is 0 Å². The van der Waals surface area contributed by atoms with Crippen LogP contribution < -0.4 is 10.5 Å². The molecule has 2 fully saturated rings. The zero-order chi connectivity index (χ0) is 23.7. The van der Waals surface area contributed by atoms with Gasteiger partial charge < -0.3 is 20.5 Å². The number of benzene rings is 1. The summed E-state index contributed by atoms with van der Waals surface area (Å²) in [4.78, 5) is 6.60. The molecule has 0 radical (unpaired) electrons. The molecule has 3 N–H and O–H groups in total. The fraction of sp³-hybridized carbons (Fsp3) is 0.385. The van der Waals surface area contributed by atoms with Gasteiger partial charge in [0.2, 0.25) is 0 Å². The van der Waals surface area contributed by atoms with Gasteiger partial charge in [0.1, 0.15) is 18.0 Å². The Hall–Kier alpha value is -3.41. The van der Waals surface area contributed by atoms with Gasteiger partial charge in [0, 0.05) is 34.6 Å². The molecule has 1 saturated heterocycles. The van der Waals surface area contributed by atoms with Crippen molar-refractivity contribution in [3.8, 4) is 28.7 Å². The number of nitrogens with two attached hydrogens (primary N) is 1. The van der Waals surface area contributed by atoms with Crippen LogP contribution in [0.2, 0.25) is 0 Å². The van der Waals surface area contributed by atoms with Crippen LogP contribution in [-0.2, 0) is 6.61 Å². The first-order valence-electron chi connectivity index (χ1n) is 11.5. The van der Waals surface area contributed by atoms with Gasteiger partial charge >= 0.3 is 0 Å². The number of pyridine rings is 1. The van der Waals surface area contributed by atoms with E-state index in [9.17, 15) is 9.50 Å². The van der Waals surface area contributed by atoms with Crippen molar-refractivity contribution in [1.29, 1.82) is 0 Å². The van der Waals surface area contributed by atoms with Crippen LogP contribution in [0.5, 0.6) is 5.75 Å². The van der Waals surface area contributed by atoms with Gasteiger partial charge in [0.25, 0.3) is 0 Å². The molecule has 0 amide bonds. The third kappa shape index (κ3) is 5.06. The highest BCUT2D eigenvalue weighted by Gasteiger charge is 2.38. The van der Waals surface area contributed by atoms with Crippen molar-refractivity contribution >= 4 is 5.82 Å². The number of aromatic nitrogens is 3. The summed E-state index contributed by atoms with van der Waals surface area (Å²) in [7, 11) is 2.14. The molecule has 0 unspecified atom stereocenters. The van der Waals surface area contributed by atoms with E-state index in [1.807, 2.05) is 23.1 Å². The monoisotopic (exact) mass is 461 g/mol. The van der Waals surface area contributed by atoms with Gasteiger partial charge in [-0.2, -0.15) is 5.10 Å². The fourth-order valence-electron chi connectivity index (χ4n) is 4.03. The van der Waals surface area contributed by atoms with E-state index in [1.165, 1.54) is 6.07 Å². The molecule has 3 aromatic rings. The number of nitrogen functional groups attached to an aromatic ring is 1. The predicted octanol–water partition coefficient (Wildman–Crippen LogP) is 3.39. The summed E-state index contributed by atoms with van der Waals surface area (Å²) in [6, 6.07) is 6.78. The molecule has 1 aliphatic heterocycles. The quantitative estimate of drug-likeness (QED) is 0.566. The van der Waals surface area contributed by atoms with Gasteiger partial charge in [-0.05, 0) is 70.1 Å². The van der Waals surface area contributed by atoms with E-state index in [4.69, 9.17) is 10.5 Å². The second-order valence-corrected chi connectivity index (χ2v) is 9.23. The molecule has 7 nitrogen and oxygen atoms in total. The lowest BCUT2D eigenvalue weighted by Crippen LogP contribution is -2.31. The SMILES string of the molecule is CN1CCC(n2cc(-c3cnc(N)c(OCc4cc(C#CC5(O)CC5)ccc4F)c3)cn2)CC1. The molecular weight excluding hydrogens is 433 g/mol. The summed E-state index contributed by atoms with van der Waals surface area (Å²) in [6.07, 6.45) is 9.04. The number of anilines is 1. The molecule has 5 rings (SSSR count). The summed E-state index contributed by atoms with van der Waals surface area (Å²) in [5.74, 6) is 5.98. The van der Waals surface area contributed by atoms with Crippen LogP contribution in [0.4, 0.5) is 10.2 Å². The summed E-state index contributed by atoms with van der Waals surface area (Å²) in [6.45, 7) is 2.10. The van der Waals surface area contributed by atoms with E-state index in [0.717, 1.165) is 37.1 Å². The van der Waals surface area contributed by atoms with Crippen LogP contribution in [0.1, 0.15) is 42.9 Å². The van der Waals surface area contributed by atoms with Crippen molar-refractivity contribution in [3.05, 3.63) is 59.8 Å². The Labute approximate surface area is 198 Å². The molecule has 1 saturated carbocycles. The van der Waals surface area contributed by atoms with Crippen LogP contribution in [-0.4, -0.2) is 50.5 Å². The van der Waals surface area contributed by atoms with Crippen molar-refractivity contribution < 1.29 is 14.2 Å². The lowest BCUT2D eigenvalue weighted by atomic mass is 10.1. The Morgan fingerprint density at radius 2 is 2.00 bits per heavy atom. The number of halogens is 1. The second-order valence-electron chi connectivity index (χ2n) is 9.23. The summed E-state index contributed by atoms with van der Waals surface area (Å²) < 4.78 is 22.3. The molecule has 2 aromatic heterocycles. The minimum atomic E-state index is -0.882. The van der Waals surface area contributed by atoms with E-state index >= 15 is 0 Å². The van der Waals surface area contributed by atoms with E-state index in [0.29, 0.717) is 35.8 Å². The maximum atomic E-state index is 14.4. The Morgan fingerprint density at radius 3 is 2.76 bits per heavy atom. The van der Waals surface area contributed by atoms with Crippen LogP contribution in [0.25, 0.3) is 11.1 Å². The standard InChI is InChI=1S/C26H28FN5O2/c1-31-10-5-22(6-11-31)32-16-21(15-30-32)19-13-24(25(28)29-14-19)34-17-20-12-18(2-3-23(20)27)4-7-26(33)8-9-26/h2-3,12-16,22,33H,5-6,8-11,17H2,1H3,(H2,28,29). The summed E-state index contributed by atoms with van der Waals surface area (Å²) in [5.41, 5.74) is 7.89. The number of hydrogen-bond acceptors (Lipinski definition) is 6. The number of piperidine rings is 1. The Morgan fingerprint density at radius 1 is 1.21 bits per heavy atom. The number of ether oxygens (including phenoxy) is 1. The largest absolute Gasteiger partial charge is 0.485 e. The molecule has 1 aliphatic carbocycles. The number of aliphatic hydroxyl groups is 1. The molecule has 8 heteroatoms. The molecule has 176 valence electrons. The van der Waals surface area contributed by atoms with Crippen molar-refractivity contribution in [2.45, 2.75) is 43.9 Å². The smallest absolute Gasteiger partial charge is 0.166 e. The molecule has 0 bridgehead atoms. The highest BCUT2D eigenvalue weighted by molar-refractivity contribution is 5.65. The lowest BCUT2D eigenvalue weighted by Gasteiger charge is -2.28. The Balaban J connectivity index is 1.30. The van der Waals surface area contributed by atoms with Crippen LogP contribution in [0.15, 0.2) is 42.9 Å². The number of likely N-dealkylation sites (tertiary alicyclic amines) is 1. The minimum absolute atomic E-state index is 0.0180. The minimum Gasteiger partial charge on any atom is -0.485 e. The average Bonchev–Trinajstić information content (AvgIpc) is 3.37. The highest BCUT2D eigenvalue weighted by Crippen LogP contribution is 2.34.